The van der Waals surface area contributed by atoms with Crippen LogP contribution in [0.4, 0.5) is 0 Å². The third-order valence-electron chi connectivity index (χ3n) is 18.1. The zero-order valence-electron chi connectivity index (χ0n) is 35.3. The Bertz CT molecular complexity index is 1190. The predicted molar refractivity (Wildman–Crippen MR) is 256 cm³/mol. The van der Waals surface area contributed by atoms with E-state index in [1.807, 2.05) is 0 Å². The molecule has 0 saturated carbocycles. The van der Waals surface area contributed by atoms with Gasteiger partial charge in [0.25, 0.3) is 0 Å². The van der Waals surface area contributed by atoms with Gasteiger partial charge >= 0.3 is 89.0 Å². The first-order valence-electron chi connectivity index (χ1n) is 18.3. The van der Waals surface area contributed by atoms with Crippen LogP contribution in [0.15, 0.2) is 60.7 Å². The molecule has 0 spiro atoms. The van der Waals surface area contributed by atoms with Crippen LogP contribution in [0, 0.1) is 0 Å². The van der Waals surface area contributed by atoms with E-state index in [1.54, 1.807) is 0 Å². The Hall–Kier alpha value is 1.84. The molecule has 2 saturated heterocycles. The van der Waals surface area contributed by atoms with Crippen LogP contribution in [0.25, 0.3) is 0 Å². The normalized spacial score (nSPS) is 26.9. The second-order valence-corrected chi connectivity index (χ2v) is 161. The van der Waals surface area contributed by atoms with E-state index in [-0.39, 0.29) is 15.7 Å². The van der Waals surface area contributed by atoms with Crippen molar-refractivity contribution in [1.82, 2.24) is 0 Å². The van der Waals surface area contributed by atoms with Crippen LogP contribution in [-0.2, 0) is 0 Å². The number of rotatable bonds is 2. The van der Waals surface area contributed by atoms with Crippen molar-refractivity contribution in [2.45, 2.75) is 144 Å². The van der Waals surface area contributed by atoms with Gasteiger partial charge in [0.2, 0.25) is 0 Å². The Kier molecular flexibility index (Phi) is 14.0. The standard InChI is InChI=1S/2C11H33Si6.2C6H5.Sn/c2*1-12-13(2,3)15(6,7)17(10,11)16(8,9)14(12,4)5;2*1-2-4-6-5-3-1;/h2*1-11H3;2*1-5H;. The van der Waals surface area contributed by atoms with Crippen LogP contribution in [-0.4, -0.2) is 108 Å². The zero-order chi connectivity index (χ0) is 37.1. The van der Waals surface area contributed by atoms with E-state index in [4.69, 9.17) is 0 Å². The van der Waals surface area contributed by atoms with Crippen LogP contribution < -0.4 is 7.16 Å². The molecule has 2 fully saturated rings. The summed E-state index contributed by atoms with van der Waals surface area (Å²) in [5.74, 6) is 0. The molecular formula is C34H76Si12Sn. The third-order valence-corrected chi connectivity index (χ3v) is 305. The molecule has 2 heterocycles. The van der Waals surface area contributed by atoms with Crippen LogP contribution >= 0.6 is 0 Å². The second kappa shape index (κ2) is 14.6. The first-order chi connectivity index (χ1) is 20.8. The molecule has 4 radical (unpaired) electrons. The number of benzene rings is 2. The fourth-order valence-corrected chi connectivity index (χ4v) is 453. The summed E-state index contributed by atoms with van der Waals surface area (Å²) in [6.45, 7) is 61.8. The molecule has 0 nitrogen and oxygen atoms in total. The van der Waals surface area contributed by atoms with Crippen molar-refractivity contribution in [3.63, 3.8) is 0 Å². The summed E-state index contributed by atoms with van der Waals surface area (Å²) in [6, 6.07) is 21.6. The summed E-state index contributed by atoms with van der Waals surface area (Å²) in [5.41, 5.74) is 0. The monoisotopic (exact) mass is 940 g/mol. The first-order valence-corrected chi connectivity index (χ1v) is 67.2. The predicted octanol–water partition coefficient (Wildman–Crippen LogP) is 9.62. The Morgan fingerprint density at radius 1 is 0.319 bits per heavy atom. The average molecular weight is 941 g/mol. The molecule has 4 rings (SSSR count). The fraction of sp³-hybridized carbons (Fsp3) is 0.647. The Morgan fingerprint density at radius 2 is 0.511 bits per heavy atom. The van der Waals surface area contributed by atoms with E-state index < -0.39 is 92.2 Å². The van der Waals surface area contributed by atoms with Crippen LogP contribution in [0.2, 0.25) is 144 Å². The van der Waals surface area contributed by atoms with E-state index >= 15 is 0 Å². The van der Waals surface area contributed by atoms with Gasteiger partial charge in [0.05, 0.1) is 0 Å². The Labute approximate surface area is 316 Å². The summed E-state index contributed by atoms with van der Waals surface area (Å²) >= 11 is -0.517. The topological polar surface area (TPSA) is 0 Å². The van der Waals surface area contributed by atoms with Gasteiger partial charge in [0.15, 0.2) is 0 Å². The van der Waals surface area contributed by atoms with Crippen LogP contribution in [0.5, 0.6) is 0 Å². The summed E-state index contributed by atoms with van der Waals surface area (Å²) < 4.78 is 3.08. The molecule has 2 aliphatic heterocycles. The van der Waals surface area contributed by atoms with Gasteiger partial charge in [-0.05, 0) is 0 Å². The van der Waals surface area contributed by atoms with Crippen molar-refractivity contribution < 1.29 is 0 Å². The molecule has 0 bridgehead atoms. The van der Waals surface area contributed by atoms with Gasteiger partial charge < -0.3 is 0 Å². The molecule has 2 aromatic rings. The molecule has 0 aromatic heterocycles. The van der Waals surface area contributed by atoms with E-state index in [1.165, 1.54) is 7.16 Å². The van der Waals surface area contributed by atoms with Gasteiger partial charge in [0, 0.05) is 86.8 Å². The molecule has 2 aliphatic rings. The van der Waals surface area contributed by atoms with Crippen molar-refractivity contribution in [3.05, 3.63) is 60.7 Å². The van der Waals surface area contributed by atoms with Crippen molar-refractivity contribution >= 4 is 115 Å². The molecule has 13 heteroatoms. The Balaban J connectivity index is 0.000000247. The molecule has 47 heavy (non-hydrogen) atoms. The van der Waals surface area contributed by atoms with E-state index in [0.29, 0.717) is 0 Å². The van der Waals surface area contributed by atoms with E-state index in [9.17, 15) is 0 Å². The van der Waals surface area contributed by atoms with Crippen molar-refractivity contribution in [2.24, 2.45) is 0 Å². The van der Waals surface area contributed by atoms with Gasteiger partial charge in [0.1, 0.15) is 0 Å². The van der Waals surface area contributed by atoms with E-state index in [0.717, 1.165) is 0 Å². The minimum absolute atomic E-state index is 0.00725. The second-order valence-electron chi connectivity index (χ2n) is 20.4. The molecule has 264 valence electrons. The van der Waals surface area contributed by atoms with Gasteiger partial charge in [-0.2, -0.15) is 0 Å². The van der Waals surface area contributed by atoms with Crippen molar-refractivity contribution in [1.29, 1.82) is 0 Å². The van der Waals surface area contributed by atoms with Gasteiger partial charge in [-0.25, -0.2) is 0 Å². The molecule has 0 N–H and O–H groups in total. The molecule has 0 atom stereocenters. The molecule has 0 unspecified atom stereocenters. The van der Waals surface area contributed by atoms with Gasteiger partial charge in [-0.1, -0.05) is 144 Å². The SMILES string of the molecule is C[Si]1[Si](C)(C)[Si](C)(C)[Si](C)(C)[Si](C)(C)[Si]1(C)C.C[Si]1[Si](C)(C)[Si](C)(C)[Si](C)(C)[Si](C)(C)[Si]1(C)C.c1cc[c]([Sn][c]2ccccc2)cc1. The zero-order valence-corrected chi connectivity index (χ0v) is 50.1. The average Bonchev–Trinajstić information content (AvgIpc) is 2.96. The molecule has 0 amide bonds. The van der Waals surface area contributed by atoms with Crippen LogP contribution in [0.3, 0.4) is 0 Å². The molecule has 2 aromatic carbocycles. The summed E-state index contributed by atoms with van der Waals surface area (Å²) in [4.78, 5) is 0. The molecular weight excluding hydrogens is 864 g/mol. The van der Waals surface area contributed by atoms with Gasteiger partial charge in [-0.15, -0.1) is 0 Å². The van der Waals surface area contributed by atoms with Gasteiger partial charge in [-0.3, -0.25) is 0 Å². The Morgan fingerprint density at radius 3 is 0.702 bits per heavy atom. The molecule has 0 aliphatic carbocycles. The summed E-state index contributed by atoms with van der Waals surface area (Å²) in [7, 11) is -9.03. The fourth-order valence-electron chi connectivity index (χ4n) is 9.33. The van der Waals surface area contributed by atoms with E-state index in [2.05, 4.69) is 205 Å². The number of hydrogen-bond donors (Lipinski definition) is 0. The third kappa shape index (κ3) is 7.24. The number of hydrogen-bond acceptors (Lipinski definition) is 0. The quantitative estimate of drug-likeness (QED) is 0.264. The first kappa shape index (κ1) is 45.0. The maximum absolute atomic E-state index is 2.82. The van der Waals surface area contributed by atoms with Crippen LogP contribution in [0.1, 0.15) is 0 Å². The summed E-state index contributed by atoms with van der Waals surface area (Å²) in [6.07, 6.45) is 0. The maximum atomic E-state index is 2.82. The minimum atomic E-state index is -0.932. The summed E-state index contributed by atoms with van der Waals surface area (Å²) in [5, 5.41) is 0. The van der Waals surface area contributed by atoms with Crippen molar-refractivity contribution in [2.75, 3.05) is 0 Å². The van der Waals surface area contributed by atoms with Crippen molar-refractivity contribution in [3.8, 4) is 0 Å².